The Balaban J connectivity index is 1.91. The van der Waals surface area contributed by atoms with Gasteiger partial charge >= 0.3 is 0 Å². The van der Waals surface area contributed by atoms with Crippen molar-refractivity contribution < 1.29 is 9.84 Å². The summed E-state index contributed by atoms with van der Waals surface area (Å²) in [5.41, 5.74) is 4.00. The van der Waals surface area contributed by atoms with Gasteiger partial charge < -0.3 is 15.2 Å². The first-order chi connectivity index (χ1) is 11.2. The van der Waals surface area contributed by atoms with Crippen molar-refractivity contribution in [3.8, 4) is 5.75 Å². The zero-order valence-electron chi connectivity index (χ0n) is 13.2. The molecular weight excluding hydrogens is 290 g/mol. The van der Waals surface area contributed by atoms with Crippen LogP contribution in [0.2, 0.25) is 0 Å². The van der Waals surface area contributed by atoms with Crippen molar-refractivity contribution in [2.75, 3.05) is 18.5 Å². The van der Waals surface area contributed by atoms with E-state index in [-0.39, 0.29) is 6.61 Å². The maximum Gasteiger partial charge on any atom is 0.141 e. The van der Waals surface area contributed by atoms with E-state index in [4.69, 9.17) is 9.84 Å². The second-order valence-electron chi connectivity index (χ2n) is 5.37. The summed E-state index contributed by atoms with van der Waals surface area (Å²) in [6.45, 7) is 4.31. The van der Waals surface area contributed by atoms with Crippen molar-refractivity contribution in [3.05, 3.63) is 53.9 Å². The summed E-state index contributed by atoms with van der Waals surface area (Å²) in [7, 11) is 0. The number of hydrogen-bond donors (Lipinski definition) is 2. The van der Waals surface area contributed by atoms with E-state index in [9.17, 15) is 0 Å². The summed E-state index contributed by atoms with van der Waals surface area (Å²) in [5, 5.41) is 13.2. The van der Waals surface area contributed by atoms with Crippen LogP contribution in [0.3, 0.4) is 0 Å². The molecule has 5 heteroatoms. The standard InChI is InChI=1S/C18H19N3O2/c1-12-4-3-5-15-17(12)19-11-20-18(15)21-14-6-7-16(13(2)10-14)23-9-8-22/h3-7,10-11,22H,8-9H2,1-2H3,(H,19,20,21). The zero-order chi connectivity index (χ0) is 16.2. The molecule has 3 aromatic rings. The van der Waals surface area contributed by atoms with E-state index in [0.717, 1.165) is 39.3 Å². The van der Waals surface area contributed by atoms with Gasteiger partial charge in [0, 0.05) is 11.1 Å². The smallest absolute Gasteiger partial charge is 0.141 e. The van der Waals surface area contributed by atoms with Gasteiger partial charge in [-0.1, -0.05) is 12.1 Å². The molecule has 0 saturated heterocycles. The van der Waals surface area contributed by atoms with Crippen LogP contribution in [0.4, 0.5) is 11.5 Å². The lowest BCUT2D eigenvalue weighted by molar-refractivity contribution is 0.200. The number of aryl methyl sites for hydroxylation is 2. The first-order valence-electron chi connectivity index (χ1n) is 7.50. The predicted molar refractivity (Wildman–Crippen MR) is 91.3 cm³/mol. The van der Waals surface area contributed by atoms with Crippen LogP contribution >= 0.6 is 0 Å². The van der Waals surface area contributed by atoms with Crippen LogP contribution in [-0.2, 0) is 0 Å². The molecule has 1 heterocycles. The lowest BCUT2D eigenvalue weighted by atomic mass is 10.1. The minimum atomic E-state index is 0.00567. The number of fused-ring (bicyclic) bond motifs is 1. The molecule has 0 spiro atoms. The highest BCUT2D eigenvalue weighted by molar-refractivity contribution is 5.92. The van der Waals surface area contributed by atoms with Crippen LogP contribution in [0.1, 0.15) is 11.1 Å². The van der Waals surface area contributed by atoms with Gasteiger partial charge in [-0.15, -0.1) is 0 Å². The molecule has 0 fully saturated rings. The monoisotopic (exact) mass is 309 g/mol. The number of nitrogens with zero attached hydrogens (tertiary/aromatic N) is 2. The van der Waals surface area contributed by atoms with Crippen LogP contribution in [0, 0.1) is 13.8 Å². The quantitative estimate of drug-likeness (QED) is 0.756. The number of aliphatic hydroxyl groups is 1. The highest BCUT2D eigenvalue weighted by Gasteiger charge is 2.07. The van der Waals surface area contributed by atoms with Gasteiger partial charge in [-0.25, -0.2) is 9.97 Å². The van der Waals surface area contributed by atoms with Gasteiger partial charge in [-0.2, -0.15) is 0 Å². The van der Waals surface area contributed by atoms with Crippen LogP contribution in [0.15, 0.2) is 42.7 Å². The molecule has 0 aliphatic carbocycles. The Hall–Kier alpha value is -2.66. The number of nitrogens with one attached hydrogen (secondary N) is 1. The Morgan fingerprint density at radius 2 is 1.96 bits per heavy atom. The fourth-order valence-electron chi connectivity index (χ4n) is 2.52. The largest absolute Gasteiger partial charge is 0.491 e. The fraction of sp³-hybridized carbons (Fsp3) is 0.222. The molecule has 2 N–H and O–H groups in total. The first-order valence-corrected chi connectivity index (χ1v) is 7.50. The molecule has 5 nitrogen and oxygen atoms in total. The summed E-state index contributed by atoms with van der Waals surface area (Å²) >= 11 is 0. The molecule has 23 heavy (non-hydrogen) atoms. The average molecular weight is 309 g/mol. The SMILES string of the molecule is Cc1cc(Nc2ncnc3c(C)cccc23)ccc1OCCO. The van der Waals surface area contributed by atoms with E-state index < -0.39 is 0 Å². The number of rotatable bonds is 5. The Labute approximate surface area is 135 Å². The normalized spacial score (nSPS) is 10.7. The van der Waals surface area contributed by atoms with Gasteiger partial charge in [0.15, 0.2) is 0 Å². The van der Waals surface area contributed by atoms with Gasteiger partial charge in [0.25, 0.3) is 0 Å². The molecule has 0 radical (unpaired) electrons. The van der Waals surface area contributed by atoms with Crippen molar-refractivity contribution in [2.24, 2.45) is 0 Å². The van der Waals surface area contributed by atoms with Crippen molar-refractivity contribution in [2.45, 2.75) is 13.8 Å². The molecule has 0 amide bonds. The van der Waals surface area contributed by atoms with Crippen molar-refractivity contribution in [3.63, 3.8) is 0 Å². The van der Waals surface area contributed by atoms with Gasteiger partial charge in [0.2, 0.25) is 0 Å². The van der Waals surface area contributed by atoms with E-state index in [0.29, 0.717) is 6.61 Å². The third kappa shape index (κ3) is 3.24. The topological polar surface area (TPSA) is 67.3 Å². The summed E-state index contributed by atoms with van der Waals surface area (Å²) in [5.74, 6) is 1.55. The number of benzene rings is 2. The molecule has 0 saturated carbocycles. The maximum atomic E-state index is 8.84. The Bertz CT molecular complexity index is 834. The lowest BCUT2D eigenvalue weighted by Gasteiger charge is -2.12. The Kier molecular flexibility index (Phi) is 4.39. The molecule has 0 bridgehead atoms. The van der Waals surface area contributed by atoms with Crippen molar-refractivity contribution in [1.82, 2.24) is 9.97 Å². The molecule has 2 aromatic carbocycles. The highest BCUT2D eigenvalue weighted by Crippen LogP contribution is 2.27. The maximum absolute atomic E-state index is 8.84. The van der Waals surface area contributed by atoms with E-state index in [1.807, 2.05) is 50.2 Å². The van der Waals surface area contributed by atoms with E-state index >= 15 is 0 Å². The molecule has 0 aliphatic heterocycles. The van der Waals surface area contributed by atoms with Gasteiger partial charge in [-0.05, 0) is 49.2 Å². The summed E-state index contributed by atoms with van der Waals surface area (Å²) in [6.07, 6.45) is 1.57. The number of hydrogen-bond acceptors (Lipinski definition) is 5. The number of aliphatic hydroxyl groups excluding tert-OH is 1. The van der Waals surface area contributed by atoms with E-state index in [1.165, 1.54) is 0 Å². The first kappa shape index (κ1) is 15.2. The van der Waals surface area contributed by atoms with Gasteiger partial charge in [0.05, 0.1) is 12.1 Å². The minimum Gasteiger partial charge on any atom is -0.491 e. The Morgan fingerprint density at radius 1 is 1.09 bits per heavy atom. The van der Waals surface area contributed by atoms with Crippen LogP contribution < -0.4 is 10.1 Å². The van der Waals surface area contributed by atoms with Crippen LogP contribution in [0.25, 0.3) is 10.9 Å². The molecule has 0 unspecified atom stereocenters. The fourth-order valence-corrected chi connectivity index (χ4v) is 2.52. The summed E-state index contributed by atoms with van der Waals surface area (Å²) in [6, 6.07) is 11.9. The highest BCUT2D eigenvalue weighted by atomic mass is 16.5. The molecule has 0 atom stereocenters. The molecule has 1 aromatic heterocycles. The van der Waals surface area contributed by atoms with E-state index in [1.54, 1.807) is 6.33 Å². The number of para-hydroxylation sites is 1. The van der Waals surface area contributed by atoms with E-state index in [2.05, 4.69) is 15.3 Å². The Morgan fingerprint density at radius 3 is 2.74 bits per heavy atom. The summed E-state index contributed by atoms with van der Waals surface area (Å²) < 4.78 is 5.47. The second-order valence-corrected chi connectivity index (χ2v) is 5.37. The zero-order valence-corrected chi connectivity index (χ0v) is 13.2. The predicted octanol–water partition coefficient (Wildman–Crippen LogP) is 3.36. The van der Waals surface area contributed by atoms with Gasteiger partial charge in [-0.3, -0.25) is 0 Å². The van der Waals surface area contributed by atoms with Gasteiger partial charge in [0.1, 0.15) is 24.5 Å². The van der Waals surface area contributed by atoms with Crippen LogP contribution in [0.5, 0.6) is 5.75 Å². The molecule has 3 rings (SSSR count). The van der Waals surface area contributed by atoms with Crippen molar-refractivity contribution >= 4 is 22.4 Å². The second kappa shape index (κ2) is 6.62. The van der Waals surface area contributed by atoms with Crippen LogP contribution in [-0.4, -0.2) is 28.3 Å². The average Bonchev–Trinajstić information content (AvgIpc) is 2.55. The lowest BCUT2D eigenvalue weighted by Crippen LogP contribution is -2.03. The molecule has 0 aliphatic rings. The summed E-state index contributed by atoms with van der Waals surface area (Å²) in [4.78, 5) is 8.71. The number of anilines is 2. The minimum absolute atomic E-state index is 0.00567. The third-order valence-corrected chi connectivity index (χ3v) is 3.65. The number of ether oxygens (including phenoxy) is 1. The number of aromatic nitrogens is 2. The van der Waals surface area contributed by atoms with Crippen molar-refractivity contribution in [1.29, 1.82) is 0 Å². The molecule has 118 valence electrons. The third-order valence-electron chi connectivity index (χ3n) is 3.65. The molecular formula is C18H19N3O2.